The monoisotopic (exact) mass is 288 g/mol. The highest BCUT2D eigenvalue weighted by molar-refractivity contribution is 9.10. The van der Waals surface area contributed by atoms with Crippen LogP contribution in [0.15, 0.2) is 27.6 Å². The Morgan fingerprint density at radius 1 is 1.56 bits per heavy atom. The Hall–Kier alpha value is -0.650. The third-order valence-electron chi connectivity index (χ3n) is 2.14. The molecular weight excluding hydrogens is 272 g/mol. The molecule has 5 heteroatoms. The first-order valence-electron chi connectivity index (χ1n) is 5.27. The fraction of sp³-hybridized carbons (Fsp3) is 0.545. The van der Waals surface area contributed by atoms with E-state index < -0.39 is 6.10 Å². The predicted octanol–water partition coefficient (Wildman–Crippen LogP) is 0.970. The Balaban J connectivity index is 2.59. The zero-order valence-corrected chi connectivity index (χ0v) is 11.1. The van der Waals surface area contributed by atoms with Crippen molar-refractivity contribution >= 4 is 15.9 Å². The molecule has 0 aliphatic carbocycles. The van der Waals surface area contributed by atoms with Gasteiger partial charge in [-0.25, -0.2) is 0 Å². The van der Waals surface area contributed by atoms with Gasteiger partial charge in [-0.1, -0.05) is 13.8 Å². The number of nitrogens with zero attached hydrogens (tertiary/aromatic N) is 1. The molecule has 0 bridgehead atoms. The molecule has 0 spiro atoms. The standard InChI is InChI=1S/C11H17BrN2O2/c1-8(2)13-6-9(15)7-14-5-3-4-10(12)11(14)16/h3-5,8-9,13,15H,6-7H2,1-2H3. The van der Waals surface area contributed by atoms with Crippen LogP contribution in [0.2, 0.25) is 0 Å². The normalized spacial score (nSPS) is 13.1. The second-order valence-electron chi connectivity index (χ2n) is 4.03. The molecule has 0 aliphatic heterocycles. The molecule has 0 radical (unpaired) electrons. The maximum absolute atomic E-state index is 11.6. The summed E-state index contributed by atoms with van der Waals surface area (Å²) >= 11 is 3.17. The number of aliphatic hydroxyl groups is 1. The molecule has 1 aromatic heterocycles. The molecule has 0 fully saturated rings. The van der Waals surface area contributed by atoms with Gasteiger partial charge in [0.1, 0.15) is 0 Å². The maximum Gasteiger partial charge on any atom is 0.264 e. The summed E-state index contributed by atoms with van der Waals surface area (Å²) in [5.41, 5.74) is -0.119. The number of hydrogen-bond acceptors (Lipinski definition) is 3. The van der Waals surface area contributed by atoms with E-state index in [0.29, 0.717) is 23.6 Å². The summed E-state index contributed by atoms with van der Waals surface area (Å²) in [4.78, 5) is 11.6. The van der Waals surface area contributed by atoms with E-state index in [1.807, 2.05) is 13.8 Å². The van der Waals surface area contributed by atoms with Gasteiger partial charge in [0.2, 0.25) is 0 Å². The highest BCUT2D eigenvalue weighted by Gasteiger charge is 2.07. The van der Waals surface area contributed by atoms with Gasteiger partial charge in [0.25, 0.3) is 5.56 Å². The fourth-order valence-electron chi connectivity index (χ4n) is 1.31. The minimum Gasteiger partial charge on any atom is -0.390 e. The lowest BCUT2D eigenvalue weighted by Gasteiger charge is -2.15. The number of nitrogens with one attached hydrogen (secondary N) is 1. The molecule has 1 rings (SSSR count). The average molecular weight is 289 g/mol. The van der Waals surface area contributed by atoms with Crippen molar-refractivity contribution < 1.29 is 5.11 Å². The quantitative estimate of drug-likeness (QED) is 0.849. The lowest BCUT2D eigenvalue weighted by atomic mass is 10.3. The zero-order chi connectivity index (χ0) is 12.1. The molecule has 2 N–H and O–H groups in total. The molecular formula is C11H17BrN2O2. The second kappa shape index (κ2) is 6.18. The van der Waals surface area contributed by atoms with Crippen LogP contribution < -0.4 is 10.9 Å². The van der Waals surface area contributed by atoms with Crippen molar-refractivity contribution in [3.8, 4) is 0 Å². The molecule has 1 aromatic rings. The van der Waals surface area contributed by atoms with Crippen molar-refractivity contribution in [2.75, 3.05) is 6.54 Å². The van der Waals surface area contributed by atoms with Crippen LogP contribution in [0, 0.1) is 0 Å². The van der Waals surface area contributed by atoms with Gasteiger partial charge in [0.05, 0.1) is 17.1 Å². The molecule has 90 valence electrons. The van der Waals surface area contributed by atoms with E-state index in [2.05, 4.69) is 21.2 Å². The molecule has 1 unspecified atom stereocenters. The van der Waals surface area contributed by atoms with E-state index in [1.54, 1.807) is 18.3 Å². The van der Waals surface area contributed by atoms with Crippen LogP contribution in [0.3, 0.4) is 0 Å². The van der Waals surface area contributed by atoms with E-state index in [9.17, 15) is 9.90 Å². The predicted molar refractivity (Wildman–Crippen MR) is 67.5 cm³/mol. The molecule has 0 amide bonds. The van der Waals surface area contributed by atoms with Crippen LogP contribution in [-0.4, -0.2) is 28.4 Å². The van der Waals surface area contributed by atoms with Gasteiger partial charge in [-0.2, -0.15) is 0 Å². The summed E-state index contributed by atoms with van der Waals surface area (Å²) in [6, 6.07) is 3.79. The number of pyridine rings is 1. The number of rotatable bonds is 5. The first-order valence-corrected chi connectivity index (χ1v) is 6.06. The van der Waals surface area contributed by atoms with Gasteiger partial charge in [-0.3, -0.25) is 4.79 Å². The molecule has 1 atom stereocenters. The van der Waals surface area contributed by atoms with Crippen molar-refractivity contribution in [1.82, 2.24) is 9.88 Å². The van der Waals surface area contributed by atoms with Gasteiger partial charge < -0.3 is 15.0 Å². The highest BCUT2D eigenvalue weighted by atomic mass is 79.9. The van der Waals surface area contributed by atoms with Crippen molar-refractivity contribution in [2.24, 2.45) is 0 Å². The molecule has 0 saturated carbocycles. The SMILES string of the molecule is CC(C)NCC(O)Cn1cccc(Br)c1=O. The van der Waals surface area contributed by atoms with Gasteiger partial charge in [0, 0.05) is 18.8 Å². The molecule has 0 saturated heterocycles. The van der Waals surface area contributed by atoms with E-state index in [1.165, 1.54) is 4.57 Å². The van der Waals surface area contributed by atoms with Crippen LogP contribution in [0.5, 0.6) is 0 Å². The van der Waals surface area contributed by atoms with Crippen molar-refractivity contribution in [2.45, 2.75) is 32.5 Å². The Morgan fingerprint density at radius 2 is 2.25 bits per heavy atom. The summed E-state index contributed by atoms with van der Waals surface area (Å²) in [5.74, 6) is 0. The Morgan fingerprint density at radius 3 is 2.88 bits per heavy atom. The maximum atomic E-state index is 11.6. The van der Waals surface area contributed by atoms with E-state index in [-0.39, 0.29) is 5.56 Å². The third-order valence-corrected chi connectivity index (χ3v) is 2.75. The number of aromatic nitrogens is 1. The van der Waals surface area contributed by atoms with Gasteiger partial charge in [-0.05, 0) is 28.1 Å². The lowest BCUT2D eigenvalue weighted by molar-refractivity contribution is 0.147. The largest absolute Gasteiger partial charge is 0.390 e. The van der Waals surface area contributed by atoms with Crippen molar-refractivity contribution in [3.05, 3.63) is 33.2 Å². The summed E-state index contributed by atoms with van der Waals surface area (Å²) in [6.45, 7) is 4.81. The van der Waals surface area contributed by atoms with E-state index in [4.69, 9.17) is 0 Å². The minimum atomic E-state index is -0.561. The van der Waals surface area contributed by atoms with Crippen LogP contribution in [0.25, 0.3) is 0 Å². The van der Waals surface area contributed by atoms with Gasteiger partial charge in [0.15, 0.2) is 0 Å². The van der Waals surface area contributed by atoms with Crippen molar-refractivity contribution in [3.63, 3.8) is 0 Å². The molecule has 16 heavy (non-hydrogen) atoms. The highest BCUT2D eigenvalue weighted by Crippen LogP contribution is 2.01. The Bertz CT molecular complexity index is 390. The molecule has 4 nitrogen and oxygen atoms in total. The Kier molecular flexibility index (Phi) is 5.18. The van der Waals surface area contributed by atoms with Crippen LogP contribution in [-0.2, 0) is 6.54 Å². The zero-order valence-electron chi connectivity index (χ0n) is 9.48. The minimum absolute atomic E-state index is 0.119. The van der Waals surface area contributed by atoms with Crippen LogP contribution in [0.1, 0.15) is 13.8 Å². The summed E-state index contributed by atoms with van der Waals surface area (Å²) in [5, 5.41) is 12.9. The van der Waals surface area contributed by atoms with Crippen LogP contribution >= 0.6 is 15.9 Å². The third kappa shape index (κ3) is 4.08. The molecule has 1 heterocycles. The average Bonchev–Trinajstić information content (AvgIpc) is 2.22. The first kappa shape index (κ1) is 13.4. The molecule has 0 aromatic carbocycles. The smallest absolute Gasteiger partial charge is 0.264 e. The topological polar surface area (TPSA) is 54.3 Å². The van der Waals surface area contributed by atoms with E-state index >= 15 is 0 Å². The van der Waals surface area contributed by atoms with Gasteiger partial charge in [-0.15, -0.1) is 0 Å². The summed E-state index contributed by atoms with van der Waals surface area (Å²) < 4.78 is 2.01. The second-order valence-corrected chi connectivity index (χ2v) is 4.88. The first-order chi connectivity index (χ1) is 7.50. The summed E-state index contributed by atoms with van der Waals surface area (Å²) in [6.07, 6.45) is 1.11. The fourth-order valence-corrected chi connectivity index (χ4v) is 1.70. The Labute approximate surface area is 103 Å². The van der Waals surface area contributed by atoms with E-state index in [0.717, 1.165) is 0 Å². The number of halogens is 1. The summed E-state index contributed by atoms with van der Waals surface area (Å²) in [7, 11) is 0. The van der Waals surface area contributed by atoms with Gasteiger partial charge >= 0.3 is 0 Å². The van der Waals surface area contributed by atoms with Crippen LogP contribution in [0.4, 0.5) is 0 Å². The number of aliphatic hydroxyl groups excluding tert-OH is 1. The molecule has 0 aliphatic rings. The van der Waals surface area contributed by atoms with Crippen molar-refractivity contribution in [1.29, 1.82) is 0 Å². The lowest BCUT2D eigenvalue weighted by Crippen LogP contribution is -2.36. The number of hydrogen-bond donors (Lipinski definition) is 2.